The normalized spacial score (nSPS) is 15.4. The number of nitrogens with one attached hydrogen (secondary N) is 1. The molecule has 0 unspecified atom stereocenters. The maximum atomic E-state index is 12.5. The first-order chi connectivity index (χ1) is 16.5. The van der Waals surface area contributed by atoms with Crippen LogP contribution in [-0.4, -0.2) is 24.8 Å². The third-order valence-corrected chi connectivity index (χ3v) is 6.46. The van der Waals surface area contributed by atoms with E-state index in [0.717, 1.165) is 22.6 Å². The maximum absolute atomic E-state index is 12.5. The highest BCUT2D eigenvalue weighted by molar-refractivity contribution is 14.1. The number of amidine groups is 1. The van der Waals surface area contributed by atoms with Crippen molar-refractivity contribution >= 4 is 57.2 Å². The van der Waals surface area contributed by atoms with Gasteiger partial charge in [-0.05, 0) is 107 Å². The van der Waals surface area contributed by atoms with Crippen LogP contribution in [0.3, 0.4) is 0 Å². The molecule has 3 aromatic carbocycles. The molecule has 8 heteroatoms. The van der Waals surface area contributed by atoms with Gasteiger partial charge in [0.05, 0.1) is 24.3 Å². The fourth-order valence-electron chi connectivity index (χ4n) is 3.15. The van der Waals surface area contributed by atoms with Crippen LogP contribution < -0.4 is 19.5 Å². The van der Waals surface area contributed by atoms with Crippen LogP contribution in [0.1, 0.15) is 18.1 Å². The molecule has 1 saturated heterocycles. The Labute approximate surface area is 216 Å². The quantitative estimate of drug-likeness (QED) is 0.253. The van der Waals surface area contributed by atoms with Crippen molar-refractivity contribution in [3.05, 3.63) is 86.3 Å². The van der Waals surface area contributed by atoms with Gasteiger partial charge in [-0.2, -0.15) is 0 Å². The number of carbonyl (C=O) groups is 1. The van der Waals surface area contributed by atoms with Crippen molar-refractivity contribution < 1.29 is 19.0 Å². The third kappa shape index (κ3) is 6.32. The Hall–Kier alpha value is -2.98. The zero-order chi connectivity index (χ0) is 23.9. The molecule has 0 aromatic heterocycles. The average molecular weight is 586 g/mol. The predicted octanol–water partition coefficient (Wildman–Crippen LogP) is 6.17. The SMILES string of the molecule is CCOc1cc(/C=C2/SC(=Nc3ccc(OC)cc3)NC2=O)ccc1OCc1ccc(I)cc1. The minimum atomic E-state index is -0.186. The van der Waals surface area contributed by atoms with Crippen LogP contribution in [0.5, 0.6) is 17.2 Å². The number of aliphatic imine (C=N–C) groups is 1. The first kappa shape index (κ1) is 24.2. The molecule has 1 amide bonds. The van der Waals surface area contributed by atoms with Gasteiger partial charge in [-0.15, -0.1) is 0 Å². The minimum Gasteiger partial charge on any atom is -0.497 e. The fraction of sp³-hybridized carbons (Fsp3) is 0.154. The molecule has 174 valence electrons. The van der Waals surface area contributed by atoms with Crippen molar-refractivity contribution in [1.29, 1.82) is 0 Å². The highest BCUT2D eigenvalue weighted by atomic mass is 127. The summed E-state index contributed by atoms with van der Waals surface area (Å²) in [5, 5.41) is 3.34. The standard InChI is InChI=1S/C26H23IN2O4S/c1-3-32-23-14-18(6-13-22(23)33-16-17-4-7-19(27)8-5-17)15-24-25(30)29-26(34-24)28-20-9-11-21(31-2)12-10-20/h4-15H,3,16H2,1-2H3,(H,28,29,30)/b24-15+. The number of thioether (sulfide) groups is 1. The summed E-state index contributed by atoms with van der Waals surface area (Å²) in [5.74, 6) is 1.86. The number of rotatable bonds is 8. The van der Waals surface area contributed by atoms with Gasteiger partial charge in [0, 0.05) is 3.57 Å². The van der Waals surface area contributed by atoms with E-state index in [1.54, 1.807) is 7.11 Å². The monoisotopic (exact) mass is 586 g/mol. The first-order valence-electron chi connectivity index (χ1n) is 10.6. The van der Waals surface area contributed by atoms with Crippen molar-refractivity contribution in [1.82, 2.24) is 5.32 Å². The van der Waals surface area contributed by atoms with Crippen LogP contribution in [0, 0.1) is 3.57 Å². The second kappa shape index (κ2) is 11.4. The number of hydrogen-bond donors (Lipinski definition) is 1. The Morgan fingerprint density at radius 3 is 2.47 bits per heavy atom. The lowest BCUT2D eigenvalue weighted by Gasteiger charge is -2.13. The minimum absolute atomic E-state index is 0.186. The van der Waals surface area contributed by atoms with Gasteiger partial charge in [0.15, 0.2) is 16.7 Å². The van der Waals surface area contributed by atoms with Crippen molar-refractivity contribution in [2.24, 2.45) is 4.99 Å². The van der Waals surface area contributed by atoms with Gasteiger partial charge in [0.25, 0.3) is 5.91 Å². The van der Waals surface area contributed by atoms with Gasteiger partial charge < -0.3 is 19.5 Å². The van der Waals surface area contributed by atoms with E-state index in [2.05, 4.69) is 45.0 Å². The van der Waals surface area contributed by atoms with E-state index >= 15 is 0 Å². The number of benzene rings is 3. The summed E-state index contributed by atoms with van der Waals surface area (Å²) in [6, 6.07) is 21.2. The lowest BCUT2D eigenvalue weighted by Crippen LogP contribution is -2.19. The van der Waals surface area contributed by atoms with E-state index in [4.69, 9.17) is 14.2 Å². The van der Waals surface area contributed by atoms with E-state index in [0.29, 0.717) is 34.8 Å². The van der Waals surface area contributed by atoms with Crippen molar-refractivity contribution in [3.63, 3.8) is 0 Å². The molecule has 0 spiro atoms. The van der Waals surface area contributed by atoms with E-state index in [-0.39, 0.29) is 5.91 Å². The van der Waals surface area contributed by atoms with Crippen molar-refractivity contribution in [2.45, 2.75) is 13.5 Å². The molecule has 34 heavy (non-hydrogen) atoms. The summed E-state index contributed by atoms with van der Waals surface area (Å²) in [4.78, 5) is 17.5. The van der Waals surface area contributed by atoms with Crippen LogP contribution in [-0.2, 0) is 11.4 Å². The van der Waals surface area contributed by atoms with Gasteiger partial charge in [-0.1, -0.05) is 18.2 Å². The second-order valence-corrected chi connectivity index (χ2v) is 9.51. The smallest absolute Gasteiger partial charge is 0.264 e. The molecular formula is C26H23IN2O4S. The number of halogens is 1. The Morgan fingerprint density at radius 2 is 1.76 bits per heavy atom. The van der Waals surface area contributed by atoms with Crippen LogP contribution >= 0.6 is 34.4 Å². The number of methoxy groups -OCH3 is 1. The summed E-state index contributed by atoms with van der Waals surface area (Å²) in [7, 11) is 1.62. The van der Waals surface area contributed by atoms with Gasteiger partial charge in [-0.25, -0.2) is 4.99 Å². The topological polar surface area (TPSA) is 69.2 Å². The maximum Gasteiger partial charge on any atom is 0.264 e. The molecular weight excluding hydrogens is 563 g/mol. The van der Waals surface area contributed by atoms with Crippen LogP contribution in [0.25, 0.3) is 6.08 Å². The number of hydrogen-bond acceptors (Lipinski definition) is 6. The fourth-order valence-corrected chi connectivity index (χ4v) is 4.35. The molecule has 0 atom stereocenters. The molecule has 6 nitrogen and oxygen atoms in total. The highest BCUT2D eigenvalue weighted by Crippen LogP contribution is 2.33. The molecule has 1 aliphatic heterocycles. The molecule has 4 rings (SSSR count). The molecule has 0 bridgehead atoms. The molecule has 0 aliphatic carbocycles. The Bertz CT molecular complexity index is 1220. The van der Waals surface area contributed by atoms with Crippen molar-refractivity contribution in [2.75, 3.05) is 13.7 Å². The van der Waals surface area contributed by atoms with E-state index in [9.17, 15) is 4.79 Å². The summed E-state index contributed by atoms with van der Waals surface area (Å²) in [6.45, 7) is 2.88. The summed E-state index contributed by atoms with van der Waals surface area (Å²) < 4.78 is 18.1. The molecule has 1 heterocycles. The molecule has 0 radical (unpaired) electrons. The zero-order valence-corrected chi connectivity index (χ0v) is 21.7. The lowest BCUT2D eigenvalue weighted by atomic mass is 10.2. The molecule has 1 N–H and O–H groups in total. The van der Waals surface area contributed by atoms with Gasteiger partial charge in [0.1, 0.15) is 12.4 Å². The third-order valence-electron chi connectivity index (χ3n) is 4.83. The summed E-state index contributed by atoms with van der Waals surface area (Å²) in [5.41, 5.74) is 2.66. The van der Waals surface area contributed by atoms with E-state index in [1.165, 1.54) is 15.3 Å². The van der Waals surface area contributed by atoms with Gasteiger partial charge >= 0.3 is 0 Å². The zero-order valence-electron chi connectivity index (χ0n) is 18.7. The Morgan fingerprint density at radius 1 is 1.00 bits per heavy atom. The number of ether oxygens (including phenoxy) is 3. The van der Waals surface area contributed by atoms with Crippen LogP contribution in [0.4, 0.5) is 5.69 Å². The predicted molar refractivity (Wildman–Crippen MR) is 145 cm³/mol. The number of carbonyl (C=O) groups excluding carboxylic acids is 1. The summed E-state index contributed by atoms with van der Waals surface area (Å²) in [6.07, 6.45) is 1.82. The molecule has 1 aliphatic rings. The highest BCUT2D eigenvalue weighted by Gasteiger charge is 2.24. The van der Waals surface area contributed by atoms with Gasteiger partial charge in [0.2, 0.25) is 0 Å². The van der Waals surface area contributed by atoms with Gasteiger partial charge in [-0.3, -0.25) is 4.79 Å². The number of nitrogens with zero attached hydrogens (tertiary/aromatic N) is 1. The lowest BCUT2D eigenvalue weighted by molar-refractivity contribution is -0.115. The van der Waals surface area contributed by atoms with Crippen LogP contribution in [0.15, 0.2) is 76.6 Å². The molecule has 3 aromatic rings. The molecule has 1 fully saturated rings. The van der Waals surface area contributed by atoms with Crippen molar-refractivity contribution in [3.8, 4) is 17.2 Å². The average Bonchev–Trinajstić information content (AvgIpc) is 3.18. The second-order valence-electron chi connectivity index (χ2n) is 7.23. The summed E-state index contributed by atoms with van der Waals surface area (Å²) >= 11 is 3.58. The molecule has 0 saturated carbocycles. The first-order valence-corrected chi connectivity index (χ1v) is 12.5. The van der Waals surface area contributed by atoms with E-state index in [1.807, 2.05) is 67.6 Å². The Balaban J connectivity index is 1.48. The Kier molecular flexibility index (Phi) is 8.12. The van der Waals surface area contributed by atoms with Crippen LogP contribution in [0.2, 0.25) is 0 Å². The van der Waals surface area contributed by atoms with E-state index < -0.39 is 0 Å². The number of amides is 1. The largest absolute Gasteiger partial charge is 0.497 e.